The van der Waals surface area contributed by atoms with E-state index < -0.39 is 5.97 Å². The predicted octanol–water partition coefficient (Wildman–Crippen LogP) is 2.41. The van der Waals surface area contributed by atoms with Crippen molar-refractivity contribution in [3.63, 3.8) is 0 Å². The summed E-state index contributed by atoms with van der Waals surface area (Å²) in [7, 11) is 0. The van der Waals surface area contributed by atoms with E-state index in [9.17, 15) is 4.79 Å². The molecule has 0 aliphatic heterocycles. The maximum absolute atomic E-state index is 10.2. The molecule has 0 amide bonds. The molecular weight excluding hydrogens is 216 g/mol. The van der Waals surface area contributed by atoms with Crippen LogP contribution in [0.5, 0.6) is 0 Å². The first kappa shape index (κ1) is 14.0. The second-order valence-electron chi connectivity index (χ2n) is 3.38. The van der Waals surface area contributed by atoms with Crippen LogP contribution in [0, 0.1) is 0 Å². The molecule has 5 heteroatoms. The van der Waals surface area contributed by atoms with Crippen LogP contribution in [0.1, 0.15) is 37.8 Å². The van der Waals surface area contributed by atoms with Gasteiger partial charge in [-0.3, -0.25) is 4.79 Å². The summed E-state index contributed by atoms with van der Waals surface area (Å²) in [5.74, 6) is -0.696. The highest BCUT2D eigenvalue weighted by Crippen LogP contribution is 2.06. The number of aromatic amines is 1. The summed E-state index contributed by atoms with van der Waals surface area (Å²) in [4.78, 5) is 17.2. The largest absolute Gasteiger partial charge is 0.481 e. The number of nitrogens with one attached hydrogen (secondary N) is 1. The number of rotatable bonds is 7. The molecule has 1 aromatic heterocycles. The number of carbonyl (C=O) groups is 1. The molecule has 0 atom stereocenters. The molecule has 15 heavy (non-hydrogen) atoms. The summed E-state index contributed by atoms with van der Waals surface area (Å²) in [5, 5.41) is 8.41. The molecule has 1 aromatic rings. The van der Waals surface area contributed by atoms with Gasteiger partial charge in [0, 0.05) is 18.3 Å². The van der Waals surface area contributed by atoms with Crippen molar-refractivity contribution in [1.82, 2.24) is 9.97 Å². The highest BCUT2D eigenvalue weighted by molar-refractivity contribution is 5.85. The van der Waals surface area contributed by atoms with Gasteiger partial charge in [0.05, 0.1) is 6.33 Å². The lowest BCUT2D eigenvalue weighted by molar-refractivity contribution is -0.137. The van der Waals surface area contributed by atoms with Crippen molar-refractivity contribution in [1.29, 1.82) is 0 Å². The van der Waals surface area contributed by atoms with Crippen molar-refractivity contribution in [2.75, 3.05) is 0 Å². The number of aliphatic carboxylic acids is 1. The maximum atomic E-state index is 10.2. The van der Waals surface area contributed by atoms with Gasteiger partial charge in [-0.15, -0.1) is 12.4 Å². The number of hydrogen-bond acceptors (Lipinski definition) is 2. The van der Waals surface area contributed by atoms with Crippen LogP contribution in [-0.4, -0.2) is 21.0 Å². The van der Waals surface area contributed by atoms with E-state index in [4.69, 9.17) is 5.11 Å². The van der Waals surface area contributed by atoms with E-state index in [2.05, 4.69) is 9.97 Å². The van der Waals surface area contributed by atoms with Crippen molar-refractivity contribution >= 4 is 18.4 Å². The number of aryl methyl sites for hydroxylation is 1. The minimum absolute atomic E-state index is 0. The Morgan fingerprint density at radius 1 is 1.33 bits per heavy atom. The predicted molar refractivity (Wildman–Crippen MR) is 60.3 cm³/mol. The van der Waals surface area contributed by atoms with Crippen molar-refractivity contribution in [2.24, 2.45) is 0 Å². The second kappa shape index (κ2) is 8.29. The molecule has 0 saturated carbocycles. The zero-order valence-corrected chi connectivity index (χ0v) is 9.42. The Kier molecular flexibility index (Phi) is 7.72. The molecule has 0 spiro atoms. The standard InChI is InChI=1S/C10H16N2O2.ClH/c13-10(14)6-4-2-1-3-5-9-7-11-8-12-9;/h7-8H,1-6H2,(H,11,12)(H,13,14);1H. The molecule has 1 rings (SSSR count). The van der Waals surface area contributed by atoms with Crippen molar-refractivity contribution < 1.29 is 9.90 Å². The van der Waals surface area contributed by atoms with Gasteiger partial charge in [-0.05, 0) is 19.3 Å². The van der Waals surface area contributed by atoms with E-state index in [1.807, 2.05) is 6.20 Å². The van der Waals surface area contributed by atoms with E-state index in [0.717, 1.165) is 37.8 Å². The zero-order valence-electron chi connectivity index (χ0n) is 8.61. The smallest absolute Gasteiger partial charge is 0.303 e. The van der Waals surface area contributed by atoms with Gasteiger partial charge >= 0.3 is 5.97 Å². The third-order valence-corrected chi connectivity index (χ3v) is 2.14. The first-order valence-electron chi connectivity index (χ1n) is 4.98. The Balaban J connectivity index is 0.00000196. The van der Waals surface area contributed by atoms with Crippen LogP contribution in [0.15, 0.2) is 12.5 Å². The summed E-state index contributed by atoms with van der Waals surface area (Å²) in [6, 6.07) is 0. The van der Waals surface area contributed by atoms with Gasteiger partial charge in [-0.1, -0.05) is 12.8 Å². The zero-order chi connectivity index (χ0) is 10.2. The minimum Gasteiger partial charge on any atom is -0.481 e. The van der Waals surface area contributed by atoms with Gasteiger partial charge in [0.2, 0.25) is 0 Å². The first-order chi connectivity index (χ1) is 6.79. The van der Waals surface area contributed by atoms with Crippen LogP contribution >= 0.6 is 12.4 Å². The van der Waals surface area contributed by atoms with Crippen LogP contribution < -0.4 is 0 Å². The second-order valence-corrected chi connectivity index (χ2v) is 3.38. The van der Waals surface area contributed by atoms with E-state index in [-0.39, 0.29) is 12.4 Å². The minimum atomic E-state index is -0.696. The fourth-order valence-electron chi connectivity index (χ4n) is 1.37. The summed E-state index contributed by atoms with van der Waals surface area (Å²) >= 11 is 0. The molecule has 1 heterocycles. The van der Waals surface area contributed by atoms with Crippen LogP contribution in [0.3, 0.4) is 0 Å². The monoisotopic (exact) mass is 232 g/mol. The third kappa shape index (κ3) is 6.96. The number of aromatic nitrogens is 2. The number of nitrogens with zero attached hydrogens (tertiary/aromatic N) is 1. The number of unbranched alkanes of at least 4 members (excludes halogenated alkanes) is 3. The molecule has 0 unspecified atom stereocenters. The van der Waals surface area contributed by atoms with Crippen molar-refractivity contribution in [3.05, 3.63) is 18.2 Å². The van der Waals surface area contributed by atoms with E-state index in [1.165, 1.54) is 0 Å². The number of halogens is 1. The number of imidazole rings is 1. The van der Waals surface area contributed by atoms with Crippen molar-refractivity contribution in [3.8, 4) is 0 Å². The van der Waals surface area contributed by atoms with Crippen LogP contribution in [0.25, 0.3) is 0 Å². The third-order valence-electron chi connectivity index (χ3n) is 2.14. The van der Waals surface area contributed by atoms with Crippen molar-refractivity contribution in [2.45, 2.75) is 38.5 Å². The molecule has 2 N–H and O–H groups in total. The average molecular weight is 233 g/mol. The normalized spacial score (nSPS) is 9.60. The Hall–Kier alpha value is -1.03. The summed E-state index contributed by atoms with van der Waals surface area (Å²) in [5.41, 5.74) is 1.16. The summed E-state index contributed by atoms with van der Waals surface area (Å²) < 4.78 is 0. The lowest BCUT2D eigenvalue weighted by Gasteiger charge is -1.98. The number of H-pyrrole nitrogens is 1. The number of carboxylic acids is 1. The van der Waals surface area contributed by atoms with Gasteiger partial charge in [-0.2, -0.15) is 0 Å². The number of carboxylic acid groups (broad SMARTS) is 1. The Morgan fingerprint density at radius 3 is 2.67 bits per heavy atom. The Labute approximate surface area is 95.5 Å². The molecular formula is C10H17ClN2O2. The lowest BCUT2D eigenvalue weighted by Crippen LogP contribution is -1.93. The fraction of sp³-hybridized carbons (Fsp3) is 0.600. The molecule has 0 fully saturated rings. The van der Waals surface area contributed by atoms with Gasteiger partial charge < -0.3 is 10.1 Å². The van der Waals surface area contributed by atoms with E-state index in [1.54, 1.807) is 6.33 Å². The first-order valence-corrected chi connectivity index (χ1v) is 4.98. The highest BCUT2D eigenvalue weighted by atomic mass is 35.5. The summed E-state index contributed by atoms with van der Waals surface area (Å²) in [6.07, 6.45) is 8.79. The molecule has 0 aromatic carbocycles. The Morgan fingerprint density at radius 2 is 2.07 bits per heavy atom. The van der Waals surface area contributed by atoms with Crippen LogP contribution in [0.2, 0.25) is 0 Å². The molecule has 0 radical (unpaired) electrons. The number of hydrogen-bond donors (Lipinski definition) is 2. The highest BCUT2D eigenvalue weighted by Gasteiger charge is 1.97. The molecule has 0 aliphatic carbocycles. The molecule has 86 valence electrons. The van der Waals surface area contributed by atoms with Crippen LogP contribution in [0.4, 0.5) is 0 Å². The summed E-state index contributed by atoms with van der Waals surface area (Å²) in [6.45, 7) is 0. The van der Waals surface area contributed by atoms with Gasteiger partial charge in [0.1, 0.15) is 0 Å². The molecule has 0 bridgehead atoms. The quantitative estimate of drug-likeness (QED) is 0.710. The molecule has 4 nitrogen and oxygen atoms in total. The average Bonchev–Trinajstić information content (AvgIpc) is 2.63. The molecule has 0 aliphatic rings. The maximum Gasteiger partial charge on any atom is 0.303 e. The SMILES string of the molecule is Cl.O=C(O)CCCCCCc1cnc[nH]1. The van der Waals surface area contributed by atoms with E-state index >= 15 is 0 Å². The lowest BCUT2D eigenvalue weighted by atomic mass is 10.1. The van der Waals surface area contributed by atoms with Gasteiger partial charge in [0.15, 0.2) is 0 Å². The fourth-order valence-corrected chi connectivity index (χ4v) is 1.37. The van der Waals surface area contributed by atoms with Gasteiger partial charge in [0.25, 0.3) is 0 Å². The molecule has 0 saturated heterocycles. The topological polar surface area (TPSA) is 66.0 Å². The Bertz CT molecular complexity index is 262. The van der Waals surface area contributed by atoms with Crippen LogP contribution in [-0.2, 0) is 11.2 Å². The van der Waals surface area contributed by atoms with E-state index in [0.29, 0.717) is 6.42 Å². The van der Waals surface area contributed by atoms with Gasteiger partial charge in [-0.25, -0.2) is 4.98 Å².